The van der Waals surface area contributed by atoms with Gasteiger partial charge in [0.1, 0.15) is 23.9 Å². The summed E-state index contributed by atoms with van der Waals surface area (Å²) in [5.41, 5.74) is 6.07. The molecule has 154 valence electrons. The summed E-state index contributed by atoms with van der Waals surface area (Å²) in [7, 11) is 3.06. The Morgan fingerprint density at radius 3 is 2.13 bits per heavy atom. The molecule has 0 bridgehead atoms. The van der Waals surface area contributed by atoms with E-state index in [1.54, 1.807) is 24.4 Å². The number of hydrazone groups is 1. The molecule has 0 aliphatic heterocycles. The normalized spacial score (nSPS) is 10.6. The van der Waals surface area contributed by atoms with Crippen LogP contribution in [-0.2, 0) is 6.61 Å². The molecule has 0 fully saturated rings. The standard InChI is InChI=1S/C24H24N2O4/c1-17-4-6-19(7-5-17)16-30-21-10-8-18(9-11-21)15-25-26-24(27)20-12-22(28-2)14-23(13-20)29-3/h4-15H,16H2,1-3H3,(H,26,27). The monoisotopic (exact) mass is 404 g/mol. The molecule has 0 saturated carbocycles. The summed E-state index contributed by atoms with van der Waals surface area (Å²) < 4.78 is 16.1. The highest BCUT2D eigenvalue weighted by molar-refractivity contribution is 5.95. The highest BCUT2D eigenvalue weighted by Crippen LogP contribution is 2.22. The van der Waals surface area contributed by atoms with Crippen LogP contribution in [0.2, 0.25) is 0 Å². The molecule has 0 radical (unpaired) electrons. The Balaban J connectivity index is 1.55. The topological polar surface area (TPSA) is 69.2 Å². The average molecular weight is 404 g/mol. The van der Waals surface area contributed by atoms with Crippen LogP contribution in [0.4, 0.5) is 0 Å². The van der Waals surface area contributed by atoms with Crippen molar-refractivity contribution in [1.29, 1.82) is 0 Å². The van der Waals surface area contributed by atoms with E-state index in [0.717, 1.165) is 16.9 Å². The predicted molar refractivity (Wildman–Crippen MR) is 117 cm³/mol. The Morgan fingerprint density at radius 2 is 1.53 bits per heavy atom. The maximum Gasteiger partial charge on any atom is 0.271 e. The fourth-order valence-corrected chi connectivity index (χ4v) is 2.67. The average Bonchev–Trinajstić information content (AvgIpc) is 2.79. The number of hydrogen-bond acceptors (Lipinski definition) is 5. The lowest BCUT2D eigenvalue weighted by Gasteiger charge is -2.07. The van der Waals surface area contributed by atoms with Crippen LogP contribution < -0.4 is 19.6 Å². The van der Waals surface area contributed by atoms with Crippen molar-refractivity contribution in [3.8, 4) is 17.2 Å². The number of hydrogen-bond donors (Lipinski definition) is 1. The van der Waals surface area contributed by atoms with Crippen LogP contribution in [-0.4, -0.2) is 26.3 Å². The van der Waals surface area contributed by atoms with Gasteiger partial charge in [0.2, 0.25) is 0 Å². The largest absolute Gasteiger partial charge is 0.497 e. The molecule has 3 rings (SSSR count). The van der Waals surface area contributed by atoms with Gasteiger partial charge in [-0.3, -0.25) is 4.79 Å². The van der Waals surface area contributed by atoms with Gasteiger partial charge < -0.3 is 14.2 Å². The number of nitrogens with one attached hydrogen (secondary N) is 1. The minimum atomic E-state index is -0.360. The van der Waals surface area contributed by atoms with Gasteiger partial charge in [0.15, 0.2) is 0 Å². The fraction of sp³-hybridized carbons (Fsp3) is 0.167. The van der Waals surface area contributed by atoms with E-state index in [9.17, 15) is 4.79 Å². The van der Waals surface area contributed by atoms with E-state index in [1.807, 2.05) is 24.3 Å². The second-order valence-corrected chi connectivity index (χ2v) is 6.64. The van der Waals surface area contributed by atoms with Crippen LogP contribution in [0.3, 0.4) is 0 Å². The molecule has 1 amide bonds. The number of carbonyl (C=O) groups excluding carboxylic acids is 1. The number of nitrogens with zero attached hydrogens (tertiary/aromatic N) is 1. The van der Waals surface area contributed by atoms with Gasteiger partial charge in [0.05, 0.1) is 20.4 Å². The first-order chi connectivity index (χ1) is 14.6. The third kappa shape index (κ3) is 5.85. The summed E-state index contributed by atoms with van der Waals surface area (Å²) >= 11 is 0. The maximum atomic E-state index is 12.3. The molecule has 6 heteroatoms. The number of aryl methyl sites for hydroxylation is 1. The van der Waals surface area contributed by atoms with Crippen LogP contribution >= 0.6 is 0 Å². The zero-order valence-corrected chi connectivity index (χ0v) is 17.2. The molecule has 3 aromatic carbocycles. The van der Waals surface area contributed by atoms with Gasteiger partial charge in [0.25, 0.3) is 5.91 Å². The van der Waals surface area contributed by atoms with Crippen LogP contribution in [0.1, 0.15) is 27.0 Å². The van der Waals surface area contributed by atoms with Crippen molar-refractivity contribution in [2.45, 2.75) is 13.5 Å². The SMILES string of the molecule is COc1cc(OC)cc(C(=O)NN=Cc2ccc(OCc3ccc(C)cc3)cc2)c1. The molecule has 0 aliphatic carbocycles. The Labute approximate surface area is 176 Å². The summed E-state index contributed by atoms with van der Waals surface area (Å²) in [4.78, 5) is 12.3. The van der Waals surface area contributed by atoms with Crippen molar-refractivity contribution in [1.82, 2.24) is 5.43 Å². The van der Waals surface area contributed by atoms with Gasteiger partial charge in [0, 0.05) is 11.6 Å². The first kappa shape index (κ1) is 20.9. The van der Waals surface area contributed by atoms with Crippen molar-refractivity contribution < 1.29 is 19.0 Å². The highest BCUT2D eigenvalue weighted by atomic mass is 16.5. The number of rotatable bonds is 8. The van der Waals surface area contributed by atoms with Crippen molar-refractivity contribution in [2.75, 3.05) is 14.2 Å². The summed E-state index contributed by atoms with van der Waals surface area (Å²) in [6.45, 7) is 2.56. The van der Waals surface area contributed by atoms with Gasteiger partial charge in [-0.15, -0.1) is 0 Å². The molecule has 0 spiro atoms. The molecule has 30 heavy (non-hydrogen) atoms. The van der Waals surface area contributed by atoms with Crippen LogP contribution in [0.25, 0.3) is 0 Å². The van der Waals surface area contributed by atoms with Crippen molar-refractivity contribution in [3.63, 3.8) is 0 Å². The molecular formula is C24H24N2O4. The lowest BCUT2D eigenvalue weighted by molar-refractivity contribution is 0.0954. The molecule has 0 aromatic heterocycles. The highest BCUT2D eigenvalue weighted by Gasteiger charge is 2.09. The lowest BCUT2D eigenvalue weighted by atomic mass is 10.2. The Hall–Kier alpha value is -3.80. The minimum Gasteiger partial charge on any atom is -0.497 e. The number of carbonyl (C=O) groups is 1. The van der Waals surface area contributed by atoms with Gasteiger partial charge >= 0.3 is 0 Å². The Kier molecular flexibility index (Phi) is 7.05. The second-order valence-electron chi connectivity index (χ2n) is 6.64. The first-order valence-electron chi connectivity index (χ1n) is 9.42. The number of ether oxygens (including phenoxy) is 3. The number of benzene rings is 3. The van der Waals surface area contributed by atoms with E-state index in [2.05, 4.69) is 41.7 Å². The molecule has 3 aromatic rings. The van der Waals surface area contributed by atoms with Gasteiger partial charge in [-0.25, -0.2) is 5.43 Å². The third-order valence-electron chi connectivity index (χ3n) is 4.40. The summed E-state index contributed by atoms with van der Waals surface area (Å²) in [5, 5.41) is 4.01. The summed E-state index contributed by atoms with van der Waals surface area (Å²) in [5.74, 6) is 1.47. The van der Waals surface area contributed by atoms with E-state index in [-0.39, 0.29) is 5.91 Å². The summed E-state index contributed by atoms with van der Waals surface area (Å²) in [6, 6.07) is 20.6. The van der Waals surface area contributed by atoms with Crippen LogP contribution in [0.15, 0.2) is 71.8 Å². The van der Waals surface area contributed by atoms with E-state index in [0.29, 0.717) is 23.7 Å². The quantitative estimate of drug-likeness (QED) is 0.448. The second kappa shape index (κ2) is 10.1. The van der Waals surface area contributed by atoms with E-state index in [4.69, 9.17) is 14.2 Å². The molecular weight excluding hydrogens is 380 g/mol. The van der Waals surface area contributed by atoms with E-state index >= 15 is 0 Å². The van der Waals surface area contributed by atoms with Crippen LogP contribution in [0, 0.1) is 6.92 Å². The number of methoxy groups -OCH3 is 2. The number of amides is 1. The molecule has 6 nitrogen and oxygen atoms in total. The predicted octanol–water partition coefficient (Wildman–Crippen LogP) is 4.36. The molecule has 0 aliphatic rings. The lowest BCUT2D eigenvalue weighted by Crippen LogP contribution is -2.17. The molecule has 0 atom stereocenters. The van der Waals surface area contributed by atoms with E-state index in [1.165, 1.54) is 19.8 Å². The van der Waals surface area contributed by atoms with Crippen molar-refractivity contribution >= 4 is 12.1 Å². The molecule has 0 heterocycles. The Bertz CT molecular complexity index is 990. The van der Waals surface area contributed by atoms with Crippen molar-refractivity contribution in [3.05, 3.63) is 89.0 Å². The summed E-state index contributed by atoms with van der Waals surface area (Å²) in [6.07, 6.45) is 1.57. The fourth-order valence-electron chi connectivity index (χ4n) is 2.67. The zero-order chi connectivity index (χ0) is 21.3. The third-order valence-corrected chi connectivity index (χ3v) is 4.40. The van der Waals surface area contributed by atoms with Crippen molar-refractivity contribution in [2.24, 2.45) is 5.10 Å². The van der Waals surface area contributed by atoms with E-state index < -0.39 is 0 Å². The Morgan fingerprint density at radius 1 is 0.900 bits per heavy atom. The van der Waals surface area contributed by atoms with Gasteiger partial charge in [-0.1, -0.05) is 29.8 Å². The smallest absolute Gasteiger partial charge is 0.271 e. The minimum absolute atomic E-state index is 0.360. The molecule has 1 N–H and O–H groups in total. The molecule has 0 saturated heterocycles. The maximum absolute atomic E-state index is 12.3. The molecule has 0 unspecified atom stereocenters. The van der Waals surface area contributed by atoms with Gasteiger partial charge in [-0.2, -0.15) is 5.10 Å². The van der Waals surface area contributed by atoms with Crippen LogP contribution in [0.5, 0.6) is 17.2 Å². The zero-order valence-electron chi connectivity index (χ0n) is 17.2. The first-order valence-corrected chi connectivity index (χ1v) is 9.42. The van der Waals surface area contributed by atoms with Gasteiger partial charge in [-0.05, 0) is 54.4 Å².